The summed E-state index contributed by atoms with van der Waals surface area (Å²) >= 11 is 0. The van der Waals surface area contributed by atoms with Crippen LogP contribution in [0.15, 0.2) is 18.2 Å². The van der Waals surface area contributed by atoms with Crippen molar-refractivity contribution < 1.29 is 0 Å². The number of hydrogen-bond acceptors (Lipinski definition) is 2. The number of nitrogens with two attached hydrogens (primary N) is 1. The fourth-order valence-corrected chi connectivity index (χ4v) is 2.78. The number of anilines is 2. The first-order valence-corrected chi connectivity index (χ1v) is 6.69. The molecule has 94 valence electrons. The molecule has 0 spiro atoms. The number of benzene rings is 1. The lowest BCUT2D eigenvalue weighted by molar-refractivity contribution is 0.233. The van der Waals surface area contributed by atoms with E-state index in [0.29, 0.717) is 5.41 Å². The van der Waals surface area contributed by atoms with Gasteiger partial charge in [0, 0.05) is 17.9 Å². The molecule has 0 aromatic heterocycles. The summed E-state index contributed by atoms with van der Waals surface area (Å²) in [4.78, 5) is 0. The van der Waals surface area contributed by atoms with Gasteiger partial charge in [-0.15, -0.1) is 0 Å². The van der Waals surface area contributed by atoms with Gasteiger partial charge in [0.15, 0.2) is 0 Å². The van der Waals surface area contributed by atoms with Crippen molar-refractivity contribution in [1.82, 2.24) is 0 Å². The van der Waals surface area contributed by atoms with E-state index < -0.39 is 0 Å². The highest BCUT2D eigenvalue weighted by Gasteiger charge is 2.26. The molecule has 1 aromatic carbocycles. The molecule has 0 unspecified atom stereocenters. The summed E-state index contributed by atoms with van der Waals surface area (Å²) in [5.41, 5.74) is 9.56. The molecule has 3 N–H and O–H groups in total. The van der Waals surface area contributed by atoms with Gasteiger partial charge < -0.3 is 11.1 Å². The number of rotatable bonds is 3. The minimum Gasteiger partial charge on any atom is -0.399 e. The normalized spacial score (nSPS) is 18.9. The zero-order chi connectivity index (χ0) is 12.3. The van der Waals surface area contributed by atoms with Crippen molar-refractivity contribution in [1.29, 1.82) is 0 Å². The minimum absolute atomic E-state index is 0.478. The van der Waals surface area contributed by atoms with Crippen LogP contribution in [0, 0.1) is 12.3 Å². The molecule has 0 saturated heterocycles. The van der Waals surface area contributed by atoms with Gasteiger partial charge in [0.2, 0.25) is 0 Å². The van der Waals surface area contributed by atoms with Crippen LogP contribution in [0.2, 0.25) is 0 Å². The molecular formula is C15H24N2. The van der Waals surface area contributed by atoms with E-state index in [0.717, 1.165) is 12.2 Å². The maximum atomic E-state index is 5.76. The molecule has 0 heterocycles. The summed E-state index contributed by atoms with van der Waals surface area (Å²) < 4.78 is 0. The van der Waals surface area contributed by atoms with E-state index in [1.807, 2.05) is 12.1 Å². The molecule has 2 nitrogen and oxygen atoms in total. The first-order valence-electron chi connectivity index (χ1n) is 6.69. The molecule has 0 amide bonds. The summed E-state index contributed by atoms with van der Waals surface area (Å²) in [7, 11) is 0. The van der Waals surface area contributed by atoms with Gasteiger partial charge in [-0.25, -0.2) is 0 Å². The largest absolute Gasteiger partial charge is 0.399 e. The molecular weight excluding hydrogens is 208 g/mol. The Morgan fingerprint density at radius 2 is 1.94 bits per heavy atom. The second-order valence-electron chi connectivity index (χ2n) is 5.80. The quantitative estimate of drug-likeness (QED) is 0.774. The molecule has 1 aliphatic carbocycles. The Morgan fingerprint density at radius 1 is 1.24 bits per heavy atom. The van der Waals surface area contributed by atoms with Crippen LogP contribution in [-0.4, -0.2) is 6.54 Å². The minimum atomic E-state index is 0.478. The van der Waals surface area contributed by atoms with E-state index in [4.69, 9.17) is 5.73 Å². The third kappa shape index (κ3) is 3.15. The van der Waals surface area contributed by atoms with Gasteiger partial charge >= 0.3 is 0 Å². The summed E-state index contributed by atoms with van der Waals surface area (Å²) in [6.07, 6.45) is 6.90. The zero-order valence-corrected chi connectivity index (χ0v) is 11.1. The summed E-state index contributed by atoms with van der Waals surface area (Å²) in [6.45, 7) is 5.60. The van der Waals surface area contributed by atoms with Crippen molar-refractivity contribution in [2.75, 3.05) is 17.6 Å². The topological polar surface area (TPSA) is 38.0 Å². The number of nitrogens with one attached hydrogen (secondary N) is 1. The zero-order valence-electron chi connectivity index (χ0n) is 11.1. The van der Waals surface area contributed by atoms with Crippen LogP contribution in [0.5, 0.6) is 0 Å². The van der Waals surface area contributed by atoms with E-state index in [2.05, 4.69) is 25.2 Å². The molecule has 1 fully saturated rings. The standard InChI is InChI=1S/C15H24N2/c1-12-10-13(16)6-7-14(12)17-11-15(2)8-4-3-5-9-15/h6-7,10,17H,3-5,8-9,11,16H2,1-2H3. The maximum Gasteiger partial charge on any atom is 0.0371 e. The molecule has 1 saturated carbocycles. The highest BCUT2D eigenvalue weighted by Crippen LogP contribution is 2.36. The fourth-order valence-electron chi connectivity index (χ4n) is 2.78. The van der Waals surface area contributed by atoms with Crippen LogP contribution in [0.1, 0.15) is 44.6 Å². The first-order chi connectivity index (χ1) is 8.09. The molecule has 0 aliphatic heterocycles. The van der Waals surface area contributed by atoms with Crippen LogP contribution in [0.4, 0.5) is 11.4 Å². The molecule has 17 heavy (non-hydrogen) atoms. The number of hydrogen-bond donors (Lipinski definition) is 2. The second kappa shape index (κ2) is 4.99. The lowest BCUT2D eigenvalue weighted by Gasteiger charge is -2.34. The predicted molar refractivity (Wildman–Crippen MR) is 75.3 cm³/mol. The van der Waals surface area contributed by atoms with Crippen molar-refractivity contribution in [2.24, 2.45) is 5.41 Å². The molecule has 0 atom stereocenters. The Bertz CT molecular complexity index is 379. The Balaban J connectivity index is 1.97. The third-order valence-corrected chi connectivity index (χ3v) is 4.02. The van der Waals surface area contributed by atoms with E-state index in [-0.39, 0.29) is 0 Å². The van der Waals surface area contributed by atoms with Gasteiger partial charge in [0.1, 0.15) is 0 Å². The second-order valence-corrected chi connectivity index (χ2v) is 5.80. The van der Waals surface area contributed by atoms with Gasteiger partial charge in [-0.2, -0.15) is 0 Å². The number of nitrogen functional groups attached to an aromatic ring is 1. The lowest BCUT2D eigenvalue weighted by Crippen LogP contribution is -2.29. The maximum absolute atomic E-state index is 5.76. The Kier molecular flexibility index (Phi) is 3.60. The van der Waals surface area contributed by atoms with Crippen molar-refractivity contribution >= 4 is 11.4 Å². The van der Waals surface area contributed by atoms with Gasteiger partial charge in [-0.05, 0) is 48.9 Å². The van der Waals surface area contributed by atoms with E-state index in [1.54, 1.807) is 0 Å². The first kappa shape index (κ1) is 12.3. The van der Waals surface area contributed by atoms with Gasteiger partial charge in [-0.1, -0.05) is 26.2 Å². The molecule has 2 rings (SSSR count). The SMILES string of the molecule is Cc1cc(N)ccc1NCC1(C)CCCCC1. The third-order valence-electron chi connectivity index (χ3n) is 4.02. The highest BCUT2D eigenvalue weighted by atomic mass is 14.9. The number of aryl methyl sites for hydroxylation is 1. The summed E-state index contributed by atoms with van der Waals surface area (Å²) in [5, 5.41) is 3.59. The van der Waals surface area contributed by atoms with Gasteiger partial charge in [-0.3, -0.25) is 0 Å². The smallest absolute Gasteiger partial charge is 0.0371 e. The van der Waals surface area contributed by atoms with Crippen molar-refractivity contribution in [3.05, 3.63) is 23.8 Å². The van der Waals surface area contributed by atoms with Crippen molar-refractivity contribution in [3.63, 3.8) is 0 Å². The molecule has 2 heteroatoms. The molecule has 1 aliphatic rings. The predicted octanol–water partition coefficient (Wildman–Crippen LogP) is 3.96. The van der Waals surface area contributed by atoms with E-state index >= 15 is 0 Å². The Hall–Kier alpha value is -1.18. The van der Waals surface area contributed by atoms with Crippen LogP contribution in [0.25, 0.3) is 0 Å². The lowest BCUT2D eigenvalue weighted by atomic mass is 9.75. The van der Waals surface area contributed by atoms with Crippen molar-refractivity contribution in [3.8, 4) is 0 Å². The Morgan fingerprint density at radius 3 is 2.59 bits per heavy atom. The van der Waals surface area contributed by atoms with Crippen LogP contribution >= 0.6 is 0 Å². The summed E-state index contributed by atoms with van der Waals surface area (Å²) in [6, 6.07) is 6.10. The molecule has 0 bridgehead atoms. The highest BCUT2D eigenvalue weighted by molar-refractivity contribution is 5.57. The van der Waals surface area contributed by atoms with E-state index in [9.17, 15) is 0 Å². The van der Waals surface area contributed by atoms with Crippen LogP contribution in [-0.2, 0) is 0 Å². The summed E-state index contributed by atoms with van der Waals surface area (Å²) in [5.74, 6) is 0. The van der Waals surface area contributed by atoms with Gasteiger partial charge in [0.05, 0.1) is 0 Å². The monoisotopic (exact) mass is 232 g/mol. The van der Waals surface area contributed by atoms with Crippen molar-refractivity contribution in [2.45, 2.75) is 46.0 Å². The average molecular weight is 232 g/mol. The Labute approximate surface area is 105 Å². The average Bonchev–Trinajstić information content (AvgIpc) is 2.29. The fraction of sp³-hybridized carbons (Fsp3) is 0.600. The van der Waals surface area contributed by atoms with Gasteiger partial charge in [0.25, 0.3) is 0 Å². The molecule has 1 aromatic rings. The van der Waals surface area contributed by atoms with Crippen LogP contribution < -0.4 is 11.1 Å². The molecule has 0 radical (unpaired) electrons. The van der Waals surface area contributed by atoms with E-state index in [1.165, 1.54) is 43.4 Å². The van der Waals surface area contributed by atoms with Crippen LogP contribution in [0.3, 0.4) is 0 Å².